The van der Waals surface area contributed by atoms with Crippen molar-refractivity contribution in [1.82, 2.24) is 5.32 Å². The van der Waals surface area contributed by atoms with Crippen LogP contribution in [0.2, 0.25) is 0 Å². The lowest BCUT2D eigenvalue weighted by Gasteiger charge is -2.10. The molecule has 0 radical (unpaired) electrons. The highest BCUT2D eigenvalue weighted by atomic mass is 16.6. The second kappa shape index (κ2) is 7.96. The number of ether oxygens (including phenoxy) is 1. The van der Waals surface area contributed by atoms with Crippen LogP contribution in [0.4, 0.5) is 16.2 Å². The van der Waals surface area contributed by atoms with Crippen molar-refractivity contribution in [3.05, 3.63) is 33.9 Å². The number of esters is 1. The monoisotopic (exact) mass is 309 g/mol. The van der Waals surface area contributed by atoms with Crippen molar-refractivity contribution in [2.24, 2.45) is 5.92 Å². The maximum atomic E-state index is 11.7. The molecule has 0 saturated heterocycles. The Kier molecular flexibility index (Phi) is 6.30. The van der Waals surface area contributed by atoms with Gasteiger partial charge in [0.2, 0.25) is 0 Å². The van der Waals surface area contributed by atoms with Gasteiger partial charge in [-0.2, -0.15) is 0 Å². The fourth-order valence-electron chi connectivity index (χ4n) is 1.60. The first-order valence-electron chi connectivity index (χ1n) is 6.77. The summed E-state index contributed by atoms with van der Waals surface area (Å²) in [5.74, 6) is -0.557. The van der Waals surface area contributed by atoms with Gasteiger partial charge in [-0.3, -0.25) is 14.9 Å². The van der Waals surface area contributed by atoms with Crippen LogP contribution in [0, 0.1) is 23.0 Å². The number of non-ortho nitro benzene ring substituents is 1. The molecule has 0 saturated carbocycles. The van der Waals surface area contributed by atoms with Gasteiger partial charge in [-0.05, 0) is 18.6 Å². The number of nitro benzene ring substituents is 1. The Morgan fingerprint density at radius 2 is 2.00 bits per heavy atom. The molecular formula is C14H19N3O5. The number of urea groups is 1. The van der Waals surface area contributed by atoms with Crippen molar-refractivity contribution in [2.75, 3.05) is 18.5 Å². The average Bonchev–Trinajstić information content (AvgIpc) is 2.42. The van der Waals surface area contributed by atoms with Crippen LogP contribution in [0.1, 0.15) is 19.4 Å². The van der Waals surface area contributed by atoms with E-state index in [1.807, 2.05) is 0 Å². The third-order valence-corrected chi connectivity index (χ3v) is 2.63. The number of carbonyl (C=O) groups excluding carboxylic acids is 2. The van der Waals surface area contributed by atoms with Gasteiger partial charge >= 0.3 is 12.0 Å². The molecule has 0 heterocycles. The molecule has 0 fully saturated rings. The Labute approximate surface area is 128 Å². The molecule has 0 aliphatic heterocycles. The van der Waals surface area contributed by atoms with E-state index in [4.69, 9.17) is 4.74 Å². The van der Waals surface area contributed by atoms with E-state index in [1.54, 1.807) is 26.8 Å². The molecule has 2 N–H and O–H groups in total. The molecule has 8 nitrogen and oxygen atoms in total. The maximum absolute atomic E-state index is 11.7. The number of rotatable bonds is 6. The molecule has 8 heteroatoms. The lowest BCUT2D eigenvalue weighted by Crippen LogP contribution is -2.32. The summed E-state index contributed by atoms with van der Waals surface area (Å²) in [6, 6.07) is 3.77. The number of nitro groups is 1. The second-order valence-electron chi connectivity index (χ2n) is 5.02. The molecule has 120 valence electrons. The quantitative estimate of drug-likeness (QED) is 0.362. The van der Waals surface area contributed by atoms with Gasteiger partial charge < -0.3 is 15.4 Å². The Morgan fingerprint density at radius 3 is 2.59 bits per heavy atom. The van der Waals surface area contributed by atoms with Gasteiger partial charge in [-0.25, -0.2) is 4.79 Å². The van der Waals surface area contributed by atoms with Crippen LogP contribution in [0.25, 0.3) is 0 Å². The number of amides is 2. The summed E-state index contributed by atoms with van der Waals surface area (Å²) in [7, 11) is 0. The number of benzene rings is 1. The van der Waals surface area contributed by atoms with Crippen molar-refractivity contribution < 1.29 is 19.2 Å². The van der Waals surface area contributed by atoms with Gasteiger partial charge in [0, 0.05) is 17.8 Å². The van der Waals surface area contributed by atoms with Crippen LogP contribution in [-0.2, 0) is 9.53 Å². The summed E-state index contributed by atoms with van der Waals surface area (Å²) in [5, 5.41) is 15.7. The molecule has 0 unspecified atom stereocenters. The Balaban J connectivity index is 2.45. The smallest absolute Gasteiger partial charge is 0.319 e. The van der Waals surface area contributed by atoms with E-state index in [1.165, 1.54) is 12.1 Å². The fraction of sp³-hybridized carbons (Fsp3) is 0.429. The van der Waals surface area contributed by atoms with Gasteiger partial charge in [-0.15, -0.1) is 0 Å². The number of hydrogen-bond donors (Lipinski definition) is 2. The summed E-state index contributed by atoms with van der Waals surface area (Å²) in [4.78, 5) is 33.1. The predicted molar refractivity (Wildman–Crippen MR) is 80.7 cm³/mol. The lowest BCUT2D eigenvalue weighted by molar-refractivity contribution is -0.384. The Morgan fingerprint density at radius 1 is 1.32 bits per heavy atom. The molecule has 0 spiro atoms. The minimum Gasteiger partial charge on any atom is -0.464 e. The van der Waals surface area contributed by atoms with E-state index in [0.29, 0.717) is 11.3 Å². The van der Waals surface area contributed by atoms with Gasteiger partial charge in [0.15, 0.2) is 0 Å². The maximum Gasteiger partial charge on any atom is 0.319 e. The molecule has 22 heavy (non-hydrogen) atoms. The molecule has 0 bridgehead atoms. The van der Waals surface area contributed by atoms with Crippen molar-refractivity contribution in [3.63, 3.8) is 0 Å². The van der Waals surface area contributed by atoms with Crippen molar-refractivity contribution in [1.29, 1.82) is 0 Å². The first kappa shape index (κ1) is 17.4. The van der Waals surface area contributed by atoms with Gasteiger partial charge in [0.25, 0.3) is 5.69 Å². The first-order chi connectivity index (χ1) is 10.3. The van der Waals surface area contributed by atoms with E-state index in [9.17, 15) is 19.7 Å². The zero-order chi connectivity index (χ0) is 16.7. The summed E-state index contributed by atoms with van der Waals surface area (Å²) < 4.78 is 4.90. The average molecular weight is 309 g/mol. The fourth-order valence-corrected chi connectivity index (χ4v) is 1.60. The number of hydrogen-bond acceptors (Lipinski definition) is 5. The lowest BCUT2D eigenvalue weighted by atomic mass is 10.2. The zero-order valence-electron chi connectivity index (χ0n) is 12.7. The second-order valence-corrected chi connectivity index (χ2v) is 5.02. The Bertz CT molecular complexity index is 572. The largest absolute Gasteiger partial charge is 0.464 e. The minimum atomic E-state index is -0.527. The number of carbonyl (C=O) groups is 2. The summed E-state index contributed by atoms with van der Waals surface area (Å²) >= 11 is 0. The molecule has 0 aliphatic carbocycles. The van der Waals surface area contributed by atoms with Crippen LogP contribution in [0.3, 0.4) is 0 Å². The van der Waals surface area contributed by atoms with E-state index in [2.05, 4.69) is 10.6 Å². The van der Waals surface area contributed by atoms with Crippen molar-refractivity contribution >= 4 is 23.4 Å². The molecule has 1 rings (SSSR count). The highest BCUT2D eigenvalue weighted by Gasteiger charge is 2.11. The van der Waals surface area contributed by atoms with Gasteiger partial charge in [0.1, 0.15) is 6.61 Å². The summed E-state index contributed by atoms with van der Waals surface area (Å²) in [6.45, 7) is 5.35. The van der Waals surface area contributed by atoms with E-state index >= 15 is 0 Å². The Hall–Kier alpha value is -2.64. The third kappa shape index (κ3) is 5.78. The first-order valence-corrected chi connectivity index (χ1v) is 6.77. The molecule has 2 amide bonds. The third-order valence-electron chi connectivity index (χ3n) is 2.63. The van der Waals surface area contributed by atoms with E-state index in [0.717, 1.165) is 0 Å². The van der Waals surface area contributed by atoms with Crippen LogP contribution in [0.15, 0.2) is 18.2 Å². The van der Waals surface area contributed by atoms with Gasteiger partial charge in [-0.1, -0.05) is 13.8 Å². The van der Waals surface area contributed by atoms with E-state index in [-0.39, 0.29) is 30.7 Å². The molecule has 0 atom stereocenters. The molecule has 1 aromatic rings. The normalized spacial score (nSPS) is 10.2. The minimum absolute atomic E-state index is 0.0679. The van der Waals surface area contributed by atoms with Crippen LogP contribution in [-0.4, -0.2) is 30.1 Å². The SMILES string of the molecule is Cc1cc(NC(=O)NCCOC(=O)C(C)C)cc([N+](=O)[O-])c1. The molecule has 1 aromatic carbocycles. The predicted octanol–water partition coefficient (Wildman–Crippen LogP) is 2.22. The van der Waals surface area contributed by atoms with Gasteiger partial charge in [0.05, 0.1) is 17.4 Å². The van der Waals surface area contributed by atoms with Crippen LogP contribution >= 0.6 is 0 Å². The number of aryl methyl sites for hydroxylation is 1. The molecule has 0 aliphatic rings. The number of anilines is 1. The molecule has 0 aromatic heterocycles. The summed E-state index contributed by atoms with van der Waals surface area (Å²) in [5.41, 5.74) is 0.889. The number of nitrogens with zero attached hydrogens (tertiary/aromatic N) is 1. The van der Waals surface area contributed by atoms with Crippen molar-refractivity contribution in [3.8, 4) is 0 Å². The topological polar surface area (TPSA) is 111 Å². The zero-order valence-corrected chi connectivity index (χ0v) is 12.7. The highest BCUT2D eigenvalue weighted by Crippen LogP contribution is 2.20. The van der Waals surface area contributed by atoms with Crippen LogP contribution < -0.4 is 10.6 Å². The van der Waals surface area contributed by atoms with Crippen LogP contribution in [0.5, 0.6) is 0 Å². The van der Waals surface area contributed by atoms with E-state index < -0.39 is 11.0 Å². The van der Waals surface area contributed by atoms with Crippen molar-refractivity contribution in [2.45, 2.75) is 20.8 Å². The number of nitrogens with one attached hydrogen (secondary N) is 2. The molecular weight excluding hydrogens is 290 g/mol. The summed E-state index contributed by atoms with van der Waals surface area (Å²) in [6.07, 6.45) is 0. The highest BCUT2D eigenvalue weighted by molar-refractivity contribution is 5.89. The standard InChI is InChI=1S/C14H19N3O5/c1-9(2)13(18)22-5-4-15-14(19)16-11-6-10(3)7-12(8-11)17(20)21/h6-9H,4-5H2,1-3H3,(H2,15,16,19).